The zero-order valence-corrected chi connectivity index (χ0v) is 14.1. The van der Waals surface area contributed by atoms with Crippen molar-refractivity contribution in [1.29, 1.82) is 0 Å². The summed E-state index contributed by atoms with van der Waals surface area (Å²) in [5.41, 5.74) is 1.25. The minimum absolute atomic E-state index is 0.0370. The van der Waals surface area contributed by atoms with E-state index in [0.29, 0.717) is 35.3 Å². The van der Waals surface area contributed by atoms with Crippen LogP contribution >= 0.6 is 0 Å². The molecule has 1 fully saturated rings. The lowest BCUT2D eigenvalue weighted by molar-refractivity contribution is -0.117. The van der Waals surface area contributed by atoms with E-state index in [1.165, 1.54) is 12.1 Å². The maximum absolute atomic E-state index is 13.4. The second-order valence-corrected chi connectivity index (χ2v) is 6.04. The maximum atomic E-state index is 13.4. The molecule has 2 heterocycles. The molecule has 26 heavy (non-hydrogen) atoms. The van der Waals surface area contributed by atoms with Crippen LogP contribution in [0.5, 0.6) is 5.75 Å². The highest BCUT2D eigenvalue weighted by atomic mass is 19.1. The van der Waals surface area contributed by atoms with Crippen LogP contribution in [0.25, 0.3) is 11.4 Å². The average Bonchev–Trinajstić information content (AvgIpc) is 3.28. The Morgan fingerprint density at radius 3 is 2.88 bits per heavy atom. The molecule has 0 N–H and O–H groups in total. The van der Waals surface area contributed by atoms with Crippen LogP contribution in [0.2, 0.25) is 0 Å². The van der Waals surface area contributed by atoms with E-state index in [9.17, 15) is 9.18 Å². The van der Waals surface area contributed by atoms with Crippen molar-refractivity contribution >= 4 is 11.6 Å². The highest BCUT2D eigenvalue weighted by Crippen LogP contribution is 2.36. The molecule has 6 nitrogen and oxygen atoms in total. The van der Waals surface area contributed by atoms with E-state index in [1.807, 2.05) is 24.3 Å². The third-order valence-corrected chi connectivity index (χ3v) is 4.37. The van der Waals surface area contributed by atoms with Gasteiger partial charge in [0.15, 0.2) is 0 Å². The van der Waals surface area contributed by atoms with Crippen LogP contribution in [-0.4, -0.2) is 29.7 Å². The van der Waals surface area contributed by atoms with Gasteiger partial charge in [-0.1, -0.05) is 29.4 Å². The predicted octanol–water partition coefficient (Wildman–Crippen LogP) is 3.40. The number of benzene rings is 2. The van der Waals surface area contributed by atoms with Gasteiger partial charge in [-0.25, -0.2) is 4.39 Å². The Bertz CT molecular complexity index is 956. The van der Waals surface area contributed by atoms with Crippen molar-refractivity contribution in [3.8, 4) is 17.1 Å². The summed E-state index contributed by atoms with van der Waals surface area (Å²) < 4.78 is 24.1. The number of halogens is 1. The Morgan fingerprint density at radius 2 is 2.08 bits per heavy atom. The van der Waals surface area contributed by atoms with Crippen molar-refractivity contribution in [2.45, 2.75) is 12.3 Å². The van der Waals surface area contributed by atoms with Crippen molar-refractivity contribution in [2.24, 2.45) is 0 Å². The van der Waals surface area contributed by atoms with Crippen LogP contribution in [0.15, 0.2) is 53.1 Å². The zero-order chi connectivity index (χ0) is 18.1. The molecule has 0 saturated carbocycles. The number of amides is 1. The van der Waals surface area contributed by atoms with E-state index in [-0.39, 0.29) is 24.1 Å². The van der Waals surface area contributed by atoms with Crippen molar-refractivity contribution in [3.63, 3.8) is 0 Å². The summed E-state index contributed by atoms with van der Waals surface area (Å²) in [6, 6.07) is 13.3. The van der Waals surface area contributed by atoms with Gasteiger partial charge >= 0.3 is 0 Å². The third kappa shape index (κ3) is 2.92. The van der Waals surface area contributed by atoms with Crippen molar-refractivity contribution < 1.29 is 18.4 Å². The minimum Gasteiger partial charge on any atom is -0.495 e. The number of hydrogen-bond donors (Lipinski definition) is 0. The van der Waals surface area contributed by atoms with Crippen molar-refractivity contribution in [1.82, 2.24) is 10.1 Å². The predicted molar refractivity (Wildman–Crippen MR) is 92.4 cm³/mol. The molecular weight excluding hydrogens is 337 g/mol. The number of carbonyl (C=O) groups is 1. The summed E-state index contributed by atoms with van der Waals surface area (Å²) in [5.74, 6) is 0.685. The van der Waals surface area contributed by atoms with Gasteiger partial charge in [0, 0.05) is 18.5 Å². The summed E-state index contributed by atoms with van der Waals surface area (Å²) in [4.78, 5) is 18.5. The fourth-order valence-electron chi connectivity index (χ4n) is 3.10. The summed E-state index contributed by atoms with van der Waals surface area (Å²) in [7, 11) is 1.57. The molecule has 1 aliphatic rings. The molecule has 1 atom stereocenters. The highest BCUT2D eigenvalue weighted by molar-refractivity contribution is 5.97. The van der Waals surface area contributed by atoms with Gasteiger partial charge in [-0.15, -0.1) is 0 Å². The third-order valence-electron chi connectivity index (χ3n) is 4.37. The van der Waals surface area contributed by atoms with E-state index in [1.54, 1.807) is 24.1 Å². The number of anilines is 1. The number of hydrogen-bond acceptors (Lipinski definition) is 5. The smallest absolute Gasteiger partial charge is 0.232 e. The molecule has 1 aliphatic heterocycles. The van der Waals surface area contributed by atoms with E-state index >= 15 is 0 Å². The lowest BCUT2D eigenvalue weighted by atomic mass is 10.1. The molecule has 0 spiro atoms. The van der Waals surface area contributed by atoms with Gasteiger partial charge in [-0.05, 0) is 24.3 Å². The molecule has 3 aromatic rings. The minimum atomic E-state index is -0.368. The van der Waals surface area contributed by atoms with Gasteiger partial charge in [0.25, 0.3) is 0 Å². The lowest BCUT2D eigenvalue weighted by Crippen LogP contribution is -2.24. The largest absolute Gasteiger partial charge is 0.495 e. The Morgan fingerprint density at radius 1 is 1.23 bits per heavy atom. The first-order chi connectivity index (χ1) is 12.7. The zero-order valence-electron chi connectivity index (χ0n) is 14.1. The number of ether oxygens (including phenoxy) is 1. The van der Waals surface area contributed by atoms with Crippen LogP contribution in [0.4, 0.5) is 10.1 Å². The first kappa shape index (κ1) is 16.3. The fraction of sp³-hybridized carbons (Fsp3) is 0.211. The Kier molecular flexibility index (Phi) is 4.12. The number of methoxy groups -OCH3 is 1. The maximum Gasteiger partial charge on any atom is 0.232 e. The molecule has 1 amide bonds. The molecule has 2 aromatic carbocycles. The van der Waals surface area contributed by atoms with Gasteiger partial charge in [0.2, 0.25) is 17.6 Å². The molecule has 0 aliphatic carbocycles. The number of aromatic nitrogens is 2. The number of para-hydroxylation sites is 2. The van der Waals surface area contributed by atoms with Crippen LogP contribution in [0.3, 0.4) is 0 Å². The molecule has 132 valence electrons. The highest BCUT2D eigenvalue weighted by Gasteiger charge is 2.36. The SMILES string of the molecule is COc1ccccc1N1CC(c2nc(-c3cccc(F)c3)no2)CC1=O. The monoisotopic (exact) mass is 353 g/mol. The Labute approximate surface area is 149 Å². The molecule has 1 saturated heterocycles. The molecule has 0 radical (unpaired) electrons. The summed E-state index contributed by atoms with van der Waals surface area (Å²) in [6.07, 6.45) is 0.267. The molecular formula is C19H16FN3O3. The summed E-state index contributed by atoms with van der Waals surface area (Å²) in [5, 5.41) is 3.92. The lowest BCUT2D eigenvalue weighted by Gasteiger charge is -2.18. The summed E-state index contributed by atoms with van der Waals surface area (Å²) in [6.45, 7) is 0.421. The van der Waals surface area contributed by atoms with Gasteiger partial charge in [-0.3, -0.25) is 4.79 Å². The van der Waals surface area contributed by atoms with Gasteiger partial charge < -0.3 is 14.2 Å². The number of nitrogens with zero attached hydrogens (tertiary/aromatic N) is 3. The number of rotatable bonds is 4. The topological polar surface area (TPSA) is 68.5 Å². The van der Waals surface area contributed by atoms with Crippen molar-refractivity contribution in [2.75, 3.05) is 18.6 Å². The normalized spacial score (nSPS) is 16.9. The fourth-order valence-corrected chi connectivity index (χ4v) is 3.10. The number of carbonyl (C=O) groups excluding carboxylic acids is 1. The first-order valence-corrected chi connectivity index (χ1v) is 8.18. The van der Waals surface area contributed by atoms with E-state index in [2.05, 4.69) is 10.1 Å². The Hall–Kier alpha value is -3.22. The molecule has 4 rings (SSSR count). The van der Waals surface area contributed by atoms with Gasteiger partial charge in [0.05, 0.1) is 18.7 Å². The quantitative estimate of drug-likeness (QED) is 0.719. The standard InChI is InChI=1S/C19H16FN3O3/c1-25-16-8-3-2-7-15(16)23-11-13(10-17(23)24)19-21-18(22-26-19)12-5-4-6-14(20)9-12/h2-9,13H,10-11H2,1H3. The summed E-state index contributed by atoms with van der Waals surface area (Å²) >= 11 is 0. The average molecular weight is 353 g/mol. The van der Waals surface area contributed by atoms with E-state index in [4.69, 9.17) is 9.26 Å². The first-order valence-electron chi connectivity index (χ1n) is 8.18. The van der Waals surface area contributed by atoms with Crippen LogP contribution in [-0.2, 0) is 4.79 Å². The van der Waals surface area contributed by atoms with Crippen LogP contribution in [0.1, 0.15) is 18.2 Å². The van der Waals surface area contributed by atoms with Gasteiger partial charge in [0.1, 0.15) is 11.6 Å². The molecule has 7 heteroatoms. The van der Waals surface area contributed by atoms with E-state index < -0.39 is 0 Å². The van der Waals surface area contributed by atoms with Crippen LogP contribution < -0.4 is 9.64 Å². The second kappa shape index (κ2) is 6.59. The molecule has 0 bridgehead atoms. The van der Waals surface area contributed by atoms with Gasteiger partial charge in [-0.2, -0.15) is 4.98 Å². The molecule has 1 unspecified atom stereocenters. The van der Waals surface area contributed by atoms with Crippen LogP contribution in [0, 0.1) is 5.82 Å². The van der Waals surface area contributed by atoms with Crippen molar-refractivity contribution in [3.05, 3.63) is 60.2 Å². The molecule has 1 aromatic heterocycles. The Balaban J connectivity index is 1.58. The second-order valence-electron chi connectivity index (χ2n) is 6.04. The van der Waals surface area contributed by atoms with E-state index in [0.717, 1.165) is 0 Å².